The molecule has 0 saturated carbocycles. The maximum Gasteiger partial charge on any atom is 0.262 e. The molecular formula is C37H47N5O8. The maximum atomic E-state index is 12.2. The van der Waals surface area contributed by atoms with Crippen molar-refractivity contribution in [3.05, 3.63) is 83.1 Å². The lowest BCUT2D eigenvalue weighted by molar-refractivity contribution is -0.136. The lowest BCUT2D eigenvalue weighted by Gasteiger charge is -2.29. The fraction of sp³-hybridized carbons (Fsp3) is 0.432. The number of hydrogen-bond acceptors (Lipinski definition) is 9. The van der Waals surface area contributed by atoms with Crippen LogP contribution >= 0.6 is 0 Å². The standard InChI is InChI=1S/C14H12N2O3.C13H10N2O4.C5H13N.C5H12O/c1-8-6-7-11(12(17)15-8)16-13(18)9-4-2-3-5-10(9)14(16)19;16-10-6-5-9(11(17)14-10)15-12(18)7-3-1-2-4-8(7)13(15)19;2*1-5(2,3)6-4/h2-5,11H,1,6-7H2,(H,15,17);1-4,9H,5-6H2,(H,14,16,17);6H,1-4H3;1-4H3. The number of carbonyl (C=O) groups excluding carboxylic acids is 7. The van der Waals surface area contributed by atoms with Crippen LogP contribution in [0.5, 0.6) is 0 Å². The van der Waals surface area contributed by atoms with Gasteiger partial charge in [0.2, 0.25) is 17.7 Å². The number of fused-ring (bicyclic) bond motifs is 2. The second kappa shape index (κ2) is 16.1. The summed E-state index contributed by atoms with van der Waals surface area (Å²) < 4.78 is 4.94. The summed E-state index contributed by atoms with van der Waals surface area (Å²) >= 11 is 0. The third-order valence-corrected chi connectivity index (χ3v) is 8.17. The van der Waals surface area contributed by atoms with Gasteiger partial charge in [-0.1, -0.05) is 30.8 Å². The van der Waals surface area contributed by atoms with E-state index in [0.29, 0.717) is 46.3 Å². The van der Waals surface area contributed by atoms with Gasteiger partial charge in [-0.2, -0.15) is 0 Å². The van der Waals surface area contributed by atoms with Gasteiger partial charge in [-0.05, 0) is 92.1 Å². The molecule has 4 aliphatic rings. The normalized spacial score (nSPS) is 20.0. The van der Waals surface area contributed by atoms with Crippen molar-refractivity contribution in [2.24, 2.45) is 0 Å². The monoisotopic (exact) mass is 689 g/mol. The highest BCUT2D eigenvalue weighted by atomic mass is 16.5. The van der Waals surface area contributed by atoms with Crippen LogP contribution in [0.25, 0.3) is 0 Å². The van der Waals surface area contributed by atoms with E-state index in [2.05, 4.69) is 43.3 Å². The van der Waals surface area contributed by atoms with Crippen molar-refractivity contribution >= 4 is 41.4 Å². The van der Waals surface area contributed by atoms with Crippen molar-refractivity contribution in [1.82, 2.24) is 25.8 Å². The van der Waals surface area contributed by atoms with Gasteiger partial charge in [-0.15, -0.1) is 0 Å². The number of rotatable bonds is 2. The zero-order chi connectivity index (χ0) is 37.6. The van der Waals surface area contributed by atoms with Crippen LogP contribution in [0.15, 0.2) is 60.8 Å². The highest BCUT2D eigenvalue weighted by Gasteiger charge is 2.45. The maximum absolute atomic E-state index is 12.2. The molecule has 2 fully saturated rings. The molecule has 2 atom stereocenters. The van der Waals surface area contributed by atoms with Crippen molar-refractivity contribution in [3.63, 3.8) is 0 Å². The number of imide groups is 3. The molecule has 2 unspecified atom stereocenters. The Labute approximate surface area is 292 Å². The average molecular weight is 690 g/mol. The molecule has 2 aromatic carbocycles. The fourth-order valence-electron chi connectivity index (χ4n) is 4.92. The van der Waals surface area contributed by atoms with Crippen molar-refractivity contribution in [3.8, 4) is 0 Å². The SMILES string of the molecule is C=C1CCC(N2C(=O)c3ccccc3C2=O)C(=O)N1.CNC(C)(C)C.COC(C)(C)C.O=C1CCC(N2C(=O)c3ccccc3C2=O)C(=O)N1. The van der Waals surface area contributed by atoms with E-state index in [9.17, 15) is 33.6 Å². The molecule has 0 aromatic heterocycles. The van der Waals surface area contributed by atoms with Gasteiger partial charge in [0.25, 0.3) is 23.6 Å². The lowest BCUT2D eigenvalue weighted by Crippen LogP contribution is -2.54. The Morgan fingerprint density at radius 3 is 1.26 bits per heavy atom. The molecule has 0 spiro atoms. The summed E-state index contributed by atoms with van der Waals surface area (Å²) in [6.07, 6.45) is 1.31. The number of allylic oxidation sites excluding steroid dienone is 1. The van der Waals surface area contributed by atoms with Crippen LogP contribution in [0.1, 0.15) is 109 Å². The molecule has 50 heavy (non-hydrogen) atoms. The smallest absolute Gasteiger partial charge is 0.262 e. The van der Waals surface area contributed by atoms with Gasteiger partial charge in [0.15, 0.2) is 0 Å². The van der Waals surface area contributed by atoms with Crippen LogP contribution < -0.4 is 16.0 Å². The Kier molecular flexibility index (Phi) is 12.7. The Bertz CT molecular complexity index is 1490. The van der Waals surface area contributed by atoms with E-state index >= 15 is 0 Å². The summed E-state index contributed by atoms with van der Waals surface area (Å²) in [5.41, 5.74) is 2.29. The van der Waals surface area contributed by atoms with Crippen LogP contribution in [0.3, 0.4) is 0 Å². The minimum Gasteiger partial charge on any atom is -0.379 e. The van der Waals surface area contributed by atoms with E-state index in [1.165, 1.54) is 0 Å². The summed E-state index contributed by atoms with van der Waals surface area (Å²) in [5.74, 6) is -3.05. The number of hydrogen-bond donors (Lipinski definition) is 3. The number of ether oxygens (including phenoxy) is 1. The van der Waals surface area contributed by atoms with Crippen molar-refractivity contribution in [2.75, 3.05) is 14.2 Å². The summed E-state index contributed by atoms with van der Waals surface area (Å²) in [7, 11) is 3.67. The van der Waals surface area contributed by atoms with Gasteiger partial charge >= 0.3 is 0 Å². The van der Waals surface area contributed by atoms with Gasteiger partial charge in [-0.3, -0.25) is 48.7 Å². The van der Waals surface area contributed by atoms with E-state index in [1.807, 2.05) is 27.8 Å². The van der Waals surface area contributed by atoms with Crippen LogP contribution in [-0.4, -0.2) is 88.5 Å². The van der Waals surface area contributed by atoms with Gasteiger partial charge < -0.3 is 15.4 Å². The van der Waals surface area contributed by atoms with Gasteiger partial charge in [0.05, 0.1) is 27.9 Å². The molecule has 268 valence electrons. The van der Waals surface area contributed by atoms with Crippen LogP contribution in [-0.2, 0) is 19.1 Å². The molecule has 2 aromatic rings. The molecule has 13 heteroatoms. The van der Waals surface area contributed by atoms with E-state index in [-0.39, 0.29) is 30.3 Å². The summed E-state index contributed by atoms with van der Waals surface area (Å²) in [6.45, 7) is 16.1. The zero-order valence-corrected chi connectivity index (χ0v) is 30.0. The highest BCUT2D eigenvalue weighted by molar-refractivity contribution is 6.24. The number of nitrogens with one attached hydrogen (secondary N) is 3. The molecule has 0 aliphatic carbocycles. The predicted octanol–water partition coefficient (Wildman–Crippen LogP) is 3.60. The molecule has 6 rings (SSSR count). The summed E-state index contributed by atoms with van der Waals surface area (Å²) in [5, 5.41) is 7.85. The number of carbonyl (C=O) groups is 7. The van der Waals surface area contributed by atoms with Gasteiger partial charge in [0.1, 0.15) is 12.1 Å². The second-order valence-electron chi connectivity index (χ2n) is 14.0. The number of benzene rings is 2. The summed E-state index contributed by atoms with van der Waals surface area (Å²) in [6, 6.07) is 11.4. The Hall–Kier alpha value is -5.01. The molecule has 7 amide bonds. The Balaban J connectivity index is 0.000000206. The molecule has 3 N–H and O–H groups in total. The first-order valence-electron chi connectivity index (χ1n) is 16.3. The molecular weight excluding hydrogens is 642 g/mol. The predicted molar refractivity (Wildman–Crippen MR) is 186 cm³/mol. The third-order valence-electron chi connectivity index (χ3n) is 8.17. The van der Waals surface area contributed by atoms with E-state index in [1.54, 1.807) is 55.6 Å². The Morgan fingerprint density at radius 1 is 0.660 bits per heavy atom. The first kappa shape index (κ1) is 39.4. The summed E-state index contributed by atoms with van der Waals surface area (Å²) in [4.78, 5) is 85.6. The van der Waals surface area contributed by atoms with Crippen molar-refractivity contribution in [2.45, 2.75) is 90.4 Å². The largest absolute Gasteiger partial charge is 0.379 e. The minimum absolute atomic E-state index is 0.0417. The first-order chi connectivity index (χ1) is 23.3. The first-order valence-corrected chi connectivity index (χ1v) is 16.3. The molecule has 4 aliphatic heterocycles. The second-order valence-corrected chi connectivity index (χ2v) is 14.0. The number of nitrogens with zero attached hydrogens (tertiary/aromatic N) is 2. The average Bonchev–Trinajstić information content (AvgIpc) is 3.46. The van der Waals surface area contributed by atoms with Crippen molar-refractivity contribution in [1.29, 1.82) is 0 Å². The lowest BCUT2D eigenvalue weighted by atomic mass is 10.0. The Morgan fingerprint density at radius 2 is 0.980 bits per heavy atom. The van der Waals surface area contributed by atoms with Gasteiger partial charge in [0, 0.05) is 24.8 Å². The number of methoxy groups -OCH3 is 1. The zero-order valence-electron chi connectivity index (χ0n) is 30.0. The topological polar surface area (TPSA) is 171 Å². The van der Waals surface area contributed by atoms with Crippen LogP contribution in [0, 0.1) is 0 Å². The molecule has 13 nitrogen and oxygen atoms in total. The fourth-order valence-corrected chi connectivity index (χ4v) is 4.92. The van der Waals surface area contributed by atoms with Crippen LogP contribution in [0.2, 0.25) is 0 Å². The van der Waals surface area contributed by atoms with E-state index < -0.39 is 41.6 Å². The molecule has 2 saturated heterocycles. The van der Waals surface area contributed by atoms with E-state index in [0.717, 1.165) is 9.80 Å². The van der Waals surface area contributed by atoms with Gasteiger partial charge in [-0.25, -0.2) is 0 Å². The minimum atomic E-state index is -0.898. The molecule has 4 heterocycles. The quantitative estimate of drug-likeness (QED) is 0.399. The molecule has 0 radical (unpaired) electrons. The number of piperidine rings is 2. The molecule has 0 bridgehead atoms. The number of amides is 7. The van der Waals surface area contributed by atoms with Crippen LogP contribution in [0.4, 0.5) is 0 Å². The highest BCUT2D eigenvalue weighted by Crippen LogP contribution is 2.29. The third kappa shape index (κ3) is 9.57. The van der Waals surface area contributed by atoms with E-state index in [4.69, 9.17) is 4.74 Å². The van der Waals surface area contributed by atoms with Crippen molar-refractivity contribution < 1.29 is 38.3 Å².